The van der Waals surface area contributed by atoms with Gasteiger partial charge in [-0.1, -0.05) is 11.1 Å². The molecule has 0 saturated heterocycles. The number of hydrogen-bond donors (Lipinski definition) is 0. The Morgan fingerprint density at radius 1 is 1.12 bits per heavy atom. The predicted molar refractivity (Wildman–Crippen MR) is 63.7 cm³/mol. The second-order valence-corrected chi connectivity index (χ2v) is 4.19. The molecule has 1 aromatic rings. The topological polar surface area (TPSA) is 46.4 Å². The minimum atomic E-state index is -0.373. The van der Waals surface area contributed by atoms with Gasteiger partial charge in [0.05, 0.1) is 4.92 Å². The van der Waals surface area contributed by atoms with E-state index in [0.717, 1.165) is 18.8 Å². The van der Waals surface area contributed by atoms with Crippen molar-refractivity contribution in [3.63, 3.8) is 0 Å². The van der Waals surface area contributed by atoms with Crippen LogP contribution in [0.2, 0.25) is 0 Å². The van der Waals surface area contributed by atoms with Crippen LogP contribution in [0, 0.1) is 10.1 Å². The largest absolute Gasteiger partial charge is 0.364 e. The third-order valence-corrected chi connectivity index (χ3v) is 3.01. The van der Waals surface area contributed by atoms with E-state index in [1.807, 2.05) is 12.1 Å². The second kappa shape index (κ2) is 3.96. The lowest BCUT2D eigenvalue weighted by atomic mass is 10.2. The summed E-state index contributed by atoms with van der Waals surface area (Å²) < 4.78 is 0. The Labute approximate surface area is 94.3 Å². The molecule has 1 heterocycles. The number of benzene rings is 1. The molecule has 0 fully saturated rings. The van der Waals surface area contributed by atoms with Crippen LogP contribution in [-0.2, 0) is 0 Å². The molecule has 0 aromatic heterocycles. The third kappa shape index (κ3) is 1.91. The molecule has 4 nitrogen and oxygen atoms in total. The van der Waals surface area contributed by atoms with Gasteiger partial charge in [0.2, 0.25) is 0 Å². The minimum Gasteiger partial charge on any atom is -0.364 e. The number of nitro groups is 1. The van der Waals surface area contributed by atoms with E-state index in [4.69, 9.17) is 0 Å². The monoisotopic (exact) mass is 218 g/mol. The van der Waals surface area contributed by atoms with Crippen molar-refractivity contribution >= 4 is 11.4 Å². The fourth-order valence-electron chi connectivity index (χ4n) is 1.87. The first kappa shape index (κ1) is 10.7. The number of nitrogens with zero attached hydrogens (tertiary/aromatic N) is 2. The van der Waals surface area contributed by atoms with Gasteiger partial charge in [0.15, 0.2) is 0 Å². The first-order valence-electron chi connectivity index (χ1n) is 5.22. The summed E-state index contributed by atoms with van der Waals surface area (Å²) in [6.45, 7) is 6.09. The summed E-state index contributed by atoms with van der Waals surface area (Å²) in [5.41, 5.74) is 3.96. The van der Waals surface area contributed by atoms with Gasteiger partial charge in [0.25, 0.3) is 5.69 Å². The van der Waals surface area contributed by atoms with Crippen molar-refractivity contribution in [3.05, 3.63) is 45.5 Å². The van der Waals surface area contributed by atoms with Crippen molar-refractivity contribution in [2.24, 2.45) is 0 Å². The SMILES string of the molecule is CC1=C(C)CN(c2ccc([N+](=O)[O-])cc2)C1. The molecule has 0 bridgehead atoms. The lowest BCUT2D eigenvalue weighted by Crippen LogP contribution is -2.19. The molecule has 84 valence electrons. The van der Waals surface area contributed by atoms with Gasteiger partial charge in [-0.25, -0.2) is 0 Å². The normalized spacial score (nSPS) is 15.8. The van der Waals surface area contributed by atoms with E-state index in [1.54, 1.807) is 12.1 Å². The van der Waals surface area contributed by atoms with Gasteiger partial charge in [-0.15, -0.1) is 0 Å². The minimum absolute atomic E-state index is 0.143. The molecule has 16 heavy (non-hydrogen) atoms. The van der Waals surface area contributed by atoms with Crippen LogP contribution in [0.5, 0.6) is 0 Å². The first-order chi connectivity index (χ1) is 7.58. The maximum Gasteiger partial charge on any atom is 0.269 e. The van der Waals surface area contributed by atoms with Crippen LogP contribution in [0.3, 0.4) is 0 Å². The summed E-state index contributed by atoms with van der Waals surface area (Å²) in [6, 6.07) is 6.73. The molecule has 0 amide bonds. The fourth-order valence-corrected chi connectivity index (χ4v) is 1.87. The zero-order valence-electron chi connectivity index (χ0n) is 9.43. The number of non-ortho nitro benzene ring substituents is 1. The number of rotatable bonds is 2. The molecular weight excluding hydrogens is 204 g/mol. The summed E-state index contributed by atoms with van der Waals surface area (Å²) >= 11 is 0. The molecule has 0 saturated carbocycles. The number of hydrogen-bond acceptors (Lipinski definition) is 3. The average molecular weight is 218 g/mol. The van der Waals surface area contributed by atoms with Gasteiger partial charge in [0, 0.05) is 30.9 Å². The molecule has 1 aliphatic rings. The van der Waals surface area contributed by atoms with Crippen LogP contribution < -0.4 is 4.90 Å². The quantitative estimate of drug-likeness (QED) is 0.435. The Kier molecular flexibility index (Phi) is 2.64. The fraction of sp³-hybridized carbons (Fsp3) is 0.333. The average Bonchev–Trinajstić information content (AvgIpc) is 2.59. The van der Waals surface area contributed by atoms with Crippen LogP contribution in [0.25, 0.3) is 0 Å². The highest BCUT2D eigenvalue weighted by Gasteiger charge is 2.17. The van der Waals surface area contributed by atoms with Crippen molar-refractivity contribution in [1.29, 1.82) is 0 Å². The van der Waals surface area contributed by atoms with Crippen LogP contribution in [0.1, 0.15) is 13.8 Å². The van der Waals surface area contributed by atoms with Crippen molar-refractivity contribution in [2.45, 2.75) is 13.8 Å². The van der Waals surface area contributed by atoms with E-state index in [-0.39, 0.29) is 10.6 Å². The summed E-state index contributed by atoms with van der Waals surface area (Å²) in [5, 5.41) is 10.5. The summed E-state index contributed by atoms with van der Waals surface area (Å²) in [5.74, 6) is 0. The van der Waals surface area contributed by atoms with Crippen LogP contribution >= 0.6 is 0 Å². The maximum absolute atomic E-state index is 10.5. The van der Waals surface area contributed by atoms with E-state index in [0.29, 0.717) is 0 Å². The molecular formula is C12H14N2O2. The van der Waals surface area contributed by atoms with E-state index in [2.05, 4.69) is 18.7 Å². The van der Waals surface area contributed by atoms with Crippen LogP contribution in [0.4, 0.5) is 11.4 Å². The molecule has 0 atom stereocenters. The number of anilines is 1. The summed E-state index contributed by atoms with van der Waals surface area (Å²) in [4.78, 5) is 12.4. The Hall–Kier alpha value is -1.84. The number of nitro benzene ring substituents is 1. The Morgan fingerprint density at radius 3 is 2.06 bits per heavy atom. The van der Waals surface area contributed by atoms with Gasteiger partial charge in [0.1, 0.15) is 0 Å². The molecule has 0 spiro atoms. The van der Waals surface area contributed by atoms with Crippen molar-refractivity contribution in [3.8, 4) is 0 Å². The summed E-state index contributed by atoms with van der Waals surface area (Å²) in [7, 11) is 0. The third-order valence-electron chi connectivity index (χ3n) is 3.01. The van der Waals surface area contributed by atoms with Crippen LogP contribution in [0.15, 0.2) is 35.4 Å². The summed E-state index contributed by atoms with van der Waals surface area (Å²) in [6.07, 6.45) is 0. The molecule has 2 rings (SSSR count). The van der Waals surface area contributed by atoms with Crippen LogP contribution in [-0.4, -0.2) is 18.0 Å². The van der Waals surface area contributed by atoms with Gasteiger partial charge < -0.3 is 4.90 Å². The highest BCUT2D eigenvalue weighted by Crippen LogP contribution is 2.25. The molecule has 0 unspecified atom stereocenters. The molecule has 0 aliphatic carbocycles. The lowest BCUT2D eigenvalue weighted by Gasteiger charge is -2.18. The molecule has 1 aromatic carbocycles. The van der Waals surface area contributed by atoms with Crippen molar-refractivity contribution in [2.75, 3.05) is 18.0 Å². The molecule has 0 N–H and O–H groups in total. The van der Waals surface area contributed by atoms with Crippen molar-refractivity contribution in [1.82, 2.24) is 0 Å². The van der Waals surface area contributed by atoms with Gasteiger partial charge in [-0.3, -0.25) is 10.1 Å². The maximum atomic E-state index is 10.5. The zero-order valence-corrected chi connectivity index (χ0v) is 9.43. The Morgan fingerprint density at radius 2 is 1.62 bits per heavy atom. The molecule has 0 radical (unpaired) electrons. The van der Waals surface area contributed by atoms with E-state index in [9.17, 15) is 10.1 Å². The molecule has 1 aliphatic heterocycles. The highest BCUT2D eigenvalue weighted by molar-refractivity contribution is 5.54. The van der Waals surface area contributed by atoms with E-state index in [1.165, 1.54) is 11.1 Å². The van der Waals surface area contributed by atoms with Crippen molar-refractivity contribution < 1.29 is 4.92 Å². The predicted octanol–water partition coefficient (Wildman–Crippen LogP) is 2.75. The van der Waals surface area contributed by atoms with Gasteiger partial charge >= 0.3 is 0 Å². The Bertz CT molecular complexity index is 435. The van der Waals surface area contributed by atoms with Gasteiger partial charge in [-0.05, 0) is 26.0 Å². The zero-order chi connectivity index (χ0) is 11.7. The van der Waals surface area contributed by atoms with E-state index < -0.39 is 0 Å². The first-order valence-corrected chi connectivity index (χ1v) is 5.22. The standard InChI is InChI=1S/C12H14N2O2/c1-9-7-13(8-10(9)2)11-3-5-12(6-4-11)14(15)16/h3-6H,7-8H2,1-2H3. The molecule has 4 heteroatoms. The van der Waals surface area contributed by atoms with Gasteiger partial charge in [-0.2, -0.15) is 0 Å². The Balaban J connectivity index is 2.15. The highest BCUT2D eigenvalue weighted by atomic mass is 16.6. The smallest absolute Gasteiger partial charge is 0.269 e. The lowest BCUT2D eigenvalue weighted by molar-refractivity contribution is -0.384. The second-order valence-electron chi connectivity index (χ2n) is 4.19. The van der Waals surface area contributed by atoms with E-state index >= 15 is 0 Å².